The number of benzene rings is 1. The zero-order valence-electron chi connectivity index (χ0n) is 10.5. The number of rotatable bonds is 4. The lowest BCUT2D eigenvalue weighted by atomic mass is 10.1. The van der Waals surface area contributed by atoms with Crippen molar-refractivity contribution in [3.05, 3.63) is 64.5 Å². The zero-order valence-corrected chi connectivity index (χ0v) is 12.1. The number of carbonyl (C=O) groups excluding carboxylic acids is 1. The Hall–Kier alpha value is -1.81. The van der Waals surface area contributed by atoms with E-state index in [0.29, 0.717) is 5.76 Å². The van der Waals surface area contributed by atoms with Gasteiger partial charge >= 0.3 is 0 Å². The third-order valence-electron chi connectivity index (χ3n) is 2.67. The van der Waals surface area contributed by atoms with Crippen LogP contribution in [-0.2, 0) is 4.79 Å². The van der Waals surface area contributed by atoms with Crippen LogP contribution in [0, 0.1) is 0 Å². The molecule has 1 atom stereocenters. The van der Waals surface area contributed by atoms with Gasteiger partial charge in [0.05, 0.1) is 12.3 Å². The fraction of sp³-hybridized carbons (Fsp3) is 0.133. The Morgan fingerprint density at radius 2 is 2.11 bits per heavy atom. The molecule has 4 heteroatoms. The molecule has 0 aliphatic rings. The van der Waals surface area contributed by atoms with Gasteiger partial charge in [-0.15, -0.1) is 0 Å². The van der Waals surface area contributed by atoms with Crippen molar-refractivity contribution in [3.8, 4) is 0 Å². The number of hydrogen-bond donors (Lipinski definition) is 1. The predicted octanol–water partition coefficient (Wildman–Crippen LogP) is 3.93. The Morgan fingerprint density at radius 1 is 1.32 bits per heavy atom. The average Bonchev–Trinajstić information content (AvgIpc) is 2.90. The number of furan rings is 1. The van der Waals surface area contributed by atoms with Gasteiger partial charge in [-0.3, -0.25) is 4.79 Å². The summed E-state index contributed by atoms with van der Waals surface area (Å²) in [5.41, 5.74) is 1.04. The van der Waals surface area contributed by atoms with Crippen molar-refractivity contribution < 1.29 is 9.21 Å². The smallest absolute Gasteiger partial charge is 0.244 e. The van der Waals surface area contributed by atoms with E-state index >= 15 is 0 Å². The van der Waals surface area contributed by atoms with Gasteiger partial charge in [-0.2, -0.15) is 0 Å². The quantitative estimate of drug-likeness (QED) is 0.867. The molecule has 2 rings (SSSR count). The van der Waals surface area contributed by atoms with Gasteiger partial charge in [-0.1, -0.05) is 34.1 Å². The fourth-order valence-electron chi connectivity index (χ4n) is 1.71. The van der Waals surface area contributed by atoms with Crippen molar-refractivity contribution >= 4 is 27.9 Å². The van der Waals surface area contributed by atoms with Crippen LogP contribution in [0.4, 0.5) is 0 Å². The first kappa shape index (κ1) is 13.6. The number of halogens is 1. The minimum absolute atomic E-state index is 0.0654. The first-order valence-corrected chi connectivity index (χ1v) is 6.72. The van der Waals surface area contributed by atoms with Crippen molar-refractivity contribution in [1.82, 2.24) is 5.32 Å². The summed E-state index contributed by atoms with van der Waals surface area (Å²) in [7, 11) is 0. The van der Waals surface area contributed by atoms with E-state index in [1.54, 1.807) is 24.5 Å². The Labute approximate surface area is 120 Å². The molecule has 2 aromatic rings. The van der Waals surface area contributed by atoms with Gasteiger partial charge in [0.15, 0.2) is 0 Å². The summed E-state index contributed by atoms with van der Waals surface area (Å²) in [5, 5.41) is 2.90. The summed E-state index contributed by atoms with van der Waals surface area (Å²) in [6.07, 6.45) is 4.68. The molecule has 0 saturated heterocycles. The van der Waals surface area contributed by atoms with Crippen molar-refractivity contribution in [2.75, 3.05) is 0 Å². The van der Waals surface area contributed by atoms with Crippen LogP contribution in [0.25, 0.3) is 6.08 Å². The highest BCUT2D eigenvalue weighted by molar-refractivity contribution is 9.10. The number of hydrogen-bond acceptors (Lipinski definition) is 2. The molecule has 1 amide bonds. The summed E-state index contributed by atoms with van der Waals surface area (Å²) in [5.74, 6) is 0.503. The van der Waals surface area contributed by atoms with E-state index in [1.165, 1.54) is 6.08 Å². The van der Waals surface area contributed by atoms with Gasteiger partial charge in [0, 0.05) is 10.5 Å². The molecule has 1 aromatic carbocycles. The topological polar surface area (TPSA) is 42.2 Å². The average molecular weight is 320 g/mol. The van der Waals surface area contributed by atoms with Crippen LogP contribution < -0.4 is 5.32 Å². The lowest BCUT2D eigenvalue weighted by molar-refractivity contribution is -0.117. The van der Waals surface area contributed by atoms with Crippen LogP contribution >= 0.6 is 15.9 Å². The molecule has 3 nitrogen and oxygen atoms in total. The minimum atomic E-state index is -0.153. The van der Waals surface area contributed by atoms with E-state index in [2.05, 4.69) is 21.2 Å². The summed E-state index contributed by atoms with van der Waals surface area (Å²) < 4.78 is 6.10. The van der Waals surface area contributed by atoms with Gasteiger partial charge in [0.1, 0.15) is 5.76 Å². The lowest BCUT2D eigenvalue weighted by Crippen LogP contribution is -2.24. The zero-order chi connectivity index (χ0) is 13.7. The van der Waals surface area contributed by atoms with Crippen LogP contribution in [-0.4, -0.2) is 5.91 Å². The molecule has 19 heavy (non-hydrogen) atoms. The van der Waals surface area contributed by atoms with Crippen LogP contribution in [0.15, 0.2) is 57.6 Å². The van der Waals surface area contributed by atoms with Crippen LogP contribution in [0.2, 0.25) is 0 Å². The van der Waals surface area contributed by atoms with Gasteiger partial charge in [0.2, 0.25) is 5.91 Å². The first-order chi connectivity index (χ1) is 9.16. The molecule has 98 valence electrons. The molecule has 0 radical (unpaired) electrons. The van der Waals surface area contributed by atoms with Crippen molar-refractivity contribution in [2.24, 2.45) is 0 Å². The molecular weight excluding hydrogens is 306 g/mol. The highest BCUT2D eigenvalue weighted by Gasteiger charge is 2.10. The Bertz CT molecular complexity index is 576. The second kappa shape index (κ2) is 6.38. The highest BCUT2D eigenvalue weighted by Crippen LogP contribution is 2.22. The highest BCUT2D eigenvalue weighted by atomic mass is 79.9. The SMILES string of the molecule is C[C@H](NC(=O)/C=C/c1ccco1)c1ccccc1Br. The van der Waals surface area contributed by atoms with Crippen molar-refractivity contribution in [1.29, 1.82) is 0 Å². The summed E-state index contributed by atoms with van der Waals surface area (Å²) in [6, 6.07) is 11.3. The molecule has 1 heterocycles. The molecule has 0 bridgehead atoms. The fourth-order valence-corrected chi connectivity index (χ4v) is 2.34. The maximum absolute atomic E-state index is 11.8. The molecule has 0 aliphatic heterocycles. The first-order valence-electron chi connectivity index (χ1n) is 5.93. The monoisotopic (exact) mass is 319 g/mol. The second-order valence-corrected chi connectivity index (χ2v) is 4.95. The van der Waals surface area contributed by atoms with E-state index in [4.69, 9.17) is 4.42 Å². The molecule has 0 unspecified atom stereocenters. The van der Waals surface area contributed by atoms with E-state index in [1.807, 2.05) is 31.2 Å². The molecule has 0 saturated carbocycles. The van der Waals surface area contributed by atoms with E-state index in [9.17, 15) is 4.79 Å². The minimum Gasteiger partial charge on any atom is -0.465 e. The summed E-state index contributed by atoms with van der Waals surface area (Å²) in [4.78, 5) is 11.8. The molecule has 1 N–H and O–H groups in total. The van der Waals surface area contributed by atoms with Gasteiger partial charge in [-0.05, 0) is 36.8 Å². The Kier molecular flexibility index (Phi) is 4.58. The third kappa shape index (κ3) is 3.83. The van der Waals surface area contributed by atoms with E-state index in [0.717, 1.165) is 10.0 Å². The van der Waals surface area contributed by atoms with Crippen LogP contribution in [0.5, 0.6) is 0 Å². The third-order valence-corrected chi connectivity index (χ3v) is 3.39. The largest absolute Gasteiger partial charge is 0.465 e. The van der Waals surface area contributed by atoms with Gasteiger partial charge in [0.25, 0.3) is 0 Å². The standard InChI is InChI=1S/C15H14BrNO2/c1-11(13-6-2-3-7-14(13)16)17-15(18)9-8-12-5-4-10-19-12/h2-11H,1H3,(H,17,18)/b9-8+/t11-/m0/s1. The number of carbonyl (C=O) groups is 1. The Morgan fingerprint density at radius 3 is 2.79 bits per heavy atom. The summed E-state index contributed by atoms with van der Waals surface area (Å²) in [6.45, 7) is 1.94. The molecular formula is C15H14BrNO2. The van der Waals surface area contributed by atoms with Gasteiger partial charge < -0.3 is 9.73 Å². The molecule has 0 spiro atoms. The maximum Gasteiger partial charge on any atom is 0.244 e. The predicted molar refractivity (Wildman–Crippen MR) is 78.4 cm³/mol. The summed E-state index contributed by atoms with van der Waals surface area (Å²) >= 11 is 3.47. The Balaban J connectivity index is 1.97. The van der Waals surface area contributed by atoms with Crippen LogP contribution in [0.3, 0.4) is 0 Å². The molecule has 0 fully saturated rings. The van der Waals surface area contributed by atoms with E-state index < -0.39 is 0 Å². The normalized spacial score (nSPS) is 12.5. The maximum atomic E-state index is 11.8. The number of amides is 1. The van der Waals surface area contributed by atoms with Crippen LogP contribution in [0.1, 0.15) is 24.3 Å². The van der Waals surface area contributed by atoms with E-state index in [-0.39, 0.29) is 11.9 Å². The van der Waals surface area contributed by atoms with Crippen molar-refractivity contribution in [2.45, 2.75) is 13.0 Å². The van der Waals surface area contributed by atoms with Gasteiger partial charge in [-0.25, -0.2) is 0 Å². The number of nitrogens with one attached hydrogen (secondary N) is 1. The molecule has 1 aromatic heterocycles. The molecule has 0 aliphatic carbocycles. The lowest BCUT2D eigenvalue weighted by Gasteiger charge is -2.14. The van der Waals surface area contributed by atoms with Crippen molar-refractivity contribution in [3.63, 3.8) is 0 Å². The second-order valence-electron chi connectivity index (χ2n) is 4.10.